The van der Waals surface area contributed by atoms with Crippen LogP contribution in [0.15, 0.2) is 48.7 Å². The van der Waals surface area contributed by atoms with Crippen LogP contribution in [0.1, 0.15) is 29.0 Å². The van der Waals surface area contributed by atoms with Gasteiger partial charge in [-0.15, -0.1) is 0 Å². The van der Waals surface area contributed by atoms with Gasteiger partial charge < -0.3 is 25.1 Å². The zero-order chi connectivity index (χ0) is 27.4. The summed E-state index contributed by atoms with van der Waals surface area (Å²) >= 11 is 0. The first kappa shape index (κ1) is 27.9. The summed E-state index contributed by atoms with van der Waals surface area (Å²) in [6.45, 7) is 0.558. The van der Waals surface area contributed by atoms with E-state index in [0.717, 1.165) is 6.07 Å². The number of halogens is 6. The number of imidazole rings is 1. The average Bonchev–Trinajstić information content (AvgIpc) is 3.24. The van der Waals surface area contributed by atoms with Crippen molar-refractivity contribution in [3.8, 4) is 11.3 Å². The number of fused-ring (bicyclic) bond motifs is 1. The third-order valence-corrected chi connectivity index (χ3v) is 5.68. The van der Waals surface area contributed by atoms with Crippen LogP contribution in [-0.2, 0) is 15.7 Å². The fourth-order valence-electron chi connectivity index (χ4n) is 3.79. The number of carboxylic acid groups (broad SMARTS) is 1. The van der Waals surface area contributed by atoms with Crippen LogP contribution in [-0.4, -0.2) is 53.5 Å². The molecule has 3 aromatic rings. The number of nitrogens with zero attached hydrogens (tertiary/aromatic N) is 1. The topological polar surface area (TPSA) is 119 Å². The number of hydrogen-bond acceptors (Lipinski definition) is 5. The molecule has 0 spiro atoms. The zero-order valence-electron chi connectivity index (χ0n) is 18.9. The number of H-pyrrole nitrogens is 1. The molecule has 0 aliphatic carbocycles. The summed E-state index contributed by atoms with van der Waals surface area (Å²) in [5.74, 6) is -3.44. The van der Waals surface area contributed by atoms with Crippen LogP contribution in [0.2, 0.25) is 0 Å². The number of alkyl halides is 6. The number of hydrogen-bond donors (Lipinski definition) is 3. The lowest BCUT2D eigenvalue weighted by Crippen LogP contribution is -2.55. The minimum absolute atomic E-state index is 0.0457. The van der Waals surface area contributed by atoms with Gasteiger partial charge in [-0.2, -0.15) is 30.7 Å². The zero-order valence-corrected chi connectivity index (χ0v) is 18.9. The van der Waals surface area contributed by atoms with E-state index in [4.69, 9.17) is 14.6 Å². The van der Waals surface area contributed by atoms with Crippen molar-refractivity contribution in [2.45, 2.75) is 30.7 Å². The summed E-state index contributed by atoms with van der Waals surface area (Å²) in [6, 6.07) is 10.3. The van der Waals surface area contributed by atoms with Gasteiger partial charge in [-0.25, -0.2) is 4.98 Å². The Balaban J connectivity index is 0.000000479. The van der Waals surface area contributed by atoms with Crippen molar-refractivity contribution in [3.63, 3.8) is 0 Å². The maximum atomic E-state index is 13.6. The Hall–Kier alpha value is -3.65. The summed E-state index contributed by atoms with van der Waals surface area (Å²) in [5, 5.41) is 21.5. The number of carbonyl (C=O) groups excluding carboxylic acids is 2. The van der Waals surface area contributed by atoms with Gasteiger partial charge in [-0.3, -0.25) is 4.79 Å². The fraction of sp³-hybridized carbons (Fsp3) is 0.348. The Labute approximate surface area is 205 Å². The highest BCUT2D eigenvalue weighted by Crippen LogP contribution is 2.37. The van der Waals surface area contributed by atoms with Gasteiger partial charge >= 0.3 is 24.1 Å². The minimum Gasteiger partial charge on any atom is -0.542 e. The van der Waals surface area contributed by atoms with E-state index in [1.54, 1.807) is 24.4 Å². The summed E-state index contributed by atoms with van der Waals surface area (Å²) in [4.78, 5) is 24.8. The molecule has 14 heteroatoms. The van der Waals surface area contributed by atoms with Gasteiger partial charge in [-0.05, 0) is 37.1 Å². The summed E-state index contributed by atoms with van der Waals surface area (Å²) in [5.41, 5.74) is -1.04. The molecule has 0 radical (unpaired) electrons. The van der Waals surface area contributed by atoms with Crippen LogP contribution in [0.25, 0.3) is 16.8 Å². The Morgan fingerprint density at radius 2 is 1.65 bits per heavy atom. The highest BCUT2D eigenvalue weighted by molar-refractivity contribution is 5.92. The second kappa shape index (κ2) is 10.8. The van der Waals surface area contributed by atoms with Crippen molar-refractivity contribution >= 4 is 17.4 Å². The number of nitrogens with one attached hydrogen (secondary N) is 2. The lowest BCUT2D eigenvalue weighted by Gasteiger charge is -2.35. The molecular formula is C23H21F6N3O5. The van der Waals surface area contributed by atoms with E-state index in [1.165, 1.54) is 22.6 Å². The molecule has 1 aliphatic rings. The first-order valence-electron chi connectivity index (χ1n) is 10.8. The van der Waals surface area contributed by atoms with Gasteiger partial charge in [0.15, 0.2) is 11.2 Å². The molecule has 0 unspecified atom stereocenters. The maximum Gasteiger partial charge on any atom is 0.430 e. The molecule has 4 rings (SSSR count). The van der Waals surface area contributed by atoms with Crippen molar-refractivity contribution in [1.29, 1.82) is 0 Å². The van der Waals surface area contributed by atoms with Gasteiger partial charge in [0.2, 0.25) is 0 Å². The molecule has 1 aliphatic heterocycles. The summed E-state index contributed by atoms with van der Waals surface area (Å²) in [7, 11) is 0. The van der Waals surface area contributed by atoms with Gasteiger partial charge in [0.25, 0.3) is 0 Å². The van der Waals surface area contributed by atoms with Crippen LogP contribution < -0.4 is 14.8 Å². The van der Waals surface area contributed by atoms with Gasteiger partial charge in [0.05, 0.1) is 23.9 Å². The minimum atomic E-state index is -5.19. The molecule has 1 aromatic carbocycles. The van der Waals surface area contributed by atoms with E-state index in [1.807, 2.05) is 0 Å². The number of rotatable bonds is 4. The molecule has 1 amide bonds. The molecule has 200 valence electrons. The standard InChI is InChI=1S/C21H20F3N3O3.C2HF3O2/c22-21(23,24)15-6-2-1-5-14(15)17-16-7-3-4-10-27(16)18(25-17)19(29)26-20(13-28)8-11-30-12-9-20;3-2(4,5)1(6)7/h1-7,10,28H,8-9,11-13H2,(H,26,29);(H,6,7). The number of amides is 1. The van der Waals surface area contributed by atoms with Gasteiger partial charge in [0.1, 0.15) is 5.97 Å². The van der Waals surface area contributed by atoms with Gasteiger partial charge in [-0.1, -0.05) is 18.2 Å². The highest BCUT2D eigenvalue weighted by Gasteiger charge is 2.39. The third kappa shape index (κ3) is 6.38. The third-order valence-electron chi connectivity index (χ3n) is 5.68. The van der Waals surface area contributed by atoms with Crippen LogP contribution in [0, 0.1) is 0 Å². The van der Waals surface area contributed by atoms with E-state index in [9.17, 15) is 36.2 Å². The average molecular weight is 533 g/mol. The highest BCUT2D eigenvalue weighted by atomic mass is 19.4. The number of pyridine rings is 1. The number of ether oxygens (including phenoxy) is 1. The number of aliphatic hydroxyl groups is 1. The number of carbonyl (C=O) groups is 2. The van der Waals surface area contributed by atoms with Crippen LogP contribution in [0.4, 0.5) is 26.3 Å². The first-order chi connectivity index (χ1) is 17.3. The molecule has 0 atom stereocenters. The number of carboxylic acids is 1. The Morgan fingerprint density at radius 3 is 2.22 bits per heavy atom. The van der Waals surface area contributed by atoms with E-state index in [2.05, 4.69) is 10.3 Å². The van der Waals surface area contributed by atoms with Gasteiger partial charge in [0, 0.05) is 18.8 Å². The lowest BCUT2D eigenvalue weighted by atomic mass is 9.91. The number of aliphatic hydroxyl groups excluding tert-OH is 1. The van der Waals surface area contributed by atoms with Crippen molar-refractivity contribution < 1.29 is 55.3 Å². The summed E-state index contributed by atoms with van der Waals surface area (Å²) in [6.07, 6.45) is -7.24. The Bertz CT molecular complexity index is 1270. The fourth-order valence-corrected chi connectivity index (χ4v) is 3.79. The van der Waals surface area contributed by atoms with Crippen LogP contribution in [0.3, 0.4) is 0 Å². The van der Waals surface area contributed by atoms with E-state index >= 15 is 0 Å². The number of aliphatic carboxylic acids is 1. The maximum absolute atomic E-state index is 13.6. The Morgan fingerprint density at radius 1 is 1.05 bits per heavy atom. The molecule has 1 saturated heterocycles. The largest absolute Gasteiger partial charge is 0.542 e. The molecule has 37 heavy (non-hydrogen) atoms. The second-order valence-electron chi connectivity index (χ2n) is 8.14. The molecule has 0 saturated carbocycles. The number of aromatic amines is 1. The molecule has 1 fully saturated rings. The molecule has 0 bridgehead atoms. The van der Waals surface area contributed by atoms with Crippen molar-refractivity contribution in [1.82, 2.24) is 10.3 Å². The van der Waals surface area contributed by atoms with Crippen LogP contribution >= 0.6 is 0 Å². The molecule has 3 N–H and O–H groups in total. The predicted octanol–water partition coefficient (Wildman–Crippen LogP) is 2.01. The predicted molar refractivity (Wildman–Crippen MR) is 113 cm³/mol. The molecule has 8 nitrogen and oxygen atoms in total. The van der Waals surface area contributed by atoms with Crippen LogP contribution in [0.5, 0.6) is 0 Å². The van der Waals surface area contributed by atoms with E-state index < -0.39 is 35.3 Å². The second-order valence-corrected chi connectivity index (χ2v) is 8.14. The molecular weight excluding hydrogens is 512 g/mol. The first-order valence-corrected chi connectivity index (χ1v) is 10.8. The van der Waals surface area contributed by atoms with E-state index in [-0.39, 0.29) is 23.7 Å². The Kier molecular flexibility index (Phi) is 8.12. The number of benzene rings is 1. The van der Waals surface area contributed by atoms with E-state index in [0.29, 0.717) is 31.6 Å². The number of aromatic nitrogens is 2. The smallest absolute Gasteiger partial charge is 0.430 e. The monoisotopic (exact) mass is 533 g/mol. The van der Waals surface area contributed by atoms with Crippen molar-refractivity contribution in [2.24, 2.45) is 0 Å². The van der Waals surface area contributed by atoms with Crippen molar-refractivity contribution in [2.75, 3.05) is 19.8 Å². The quantitative estimate of drug-likeness (QED) is 0.350. The lowest BCUT2D eigenvalue weighted by molar-refractivity contribution is -0.514. The molecule has 3 heterocycles. The summed E-state index contributed by atoms with van der Waals surface area (Å²) < 4.78 is 79.1. The normalized spacial score (nSPS) is 15.5. The molecule has 2 aromatic heterocycles. The van der Waals surface area contributed by atoms with Crippen molar-refractivity contribution in [3.05, 3.63) is 60.0 Å². The SMILES string of the molecule is O=C(NC1(CO)CCOCC1)c1[nH]c(-c2ccccc2C(F)(F)F)c2cccc[n+]12.O=C([O-])C(F)(F)F.